The van der Waals surface area contributed by atoms with Crippen molar-refractivity contribution in [3.63, 3.8) is 0 Å². The van der Waals surface area contributed by atoms with Crippen molar-refractivity contribution < 1.29 is 14.3 Å². The molecule has 1 amide bonds. The van der Waals surface area contributed by atoms with Crippen LogP contribution in [-0.4, -0.2) is 28.0 Å². The zero-order valence-corrected chi connectivity index (χ0v) is 8.53. The summed E-state index contributed by atoms with van der Waals surface area (Å²) in [6.07, 6.45) is 3.32. The number of β-lactam (4-membered cyclic amide) rings is 1. The second kappa shape index (κ2) is 2.38. The van der Waals surface area contributed by atoms with Gasteiger partial charge in [0.2, 0.25) is 11.6 Å². The van der Waals surface area contributed by atoms with Crippen LogP contribution in [0.2, 0.25) is 0 Å². The van der Waals surface area contributed by atoms with E-state index in [0.717, 1.165) is 0 Å². The molecule has 0 aromatic rings. The highest BCUT2D eigenvalue weighted by Crippen LogP contribution is 2.42. The predicted molar refractivity (Wildman–Crippen MR) is 49.2 cm³/mol. The van der Waals surface area contributed by atoms with Crippen LogP contribution in [0.1, 0.15) is 27.2 Å². The van der Waals surface area contributed by atoms with Gasteiger partial charge < -0.3 is 4.74 Å². The van der Waals surface area contributed by atoms with Crippen LogP contribution < -0.4 is 0 Å². The van der Waals surface area contributed by atoms with Crippen LogP contribution in [0, 0.1) is 0 Å². The number of ether oxygens (including phenoxy) is 1. The van der Waals surface area contributed by atoms with Gasteiger partial charge in [0.05, 0.1) is 6.42 Å². The predicted octanol–water partition coefficient (Wildman–Crippen LogP) is 0.827. The zero-order chi connectivity index (χ0) is 10.6. The molecule has 2 rings (SSSR count). The Hall–Kier alpha value is -1.32. The number of carbonyl (C=O) groups is 2. The summed E-state index contributed by atoms with van der Waals surface area (Å²) < 4.78 is 5.15. The number of nitrogens with zero attached hydrogens (tertiary/aromatic N) is 1. The zero-order valence-electron chi connectivity index (χ0n) is 8.53. The van der Waals surface area contributed by atoms with Crippen molar-refractivity contribution in [3.05, 3.63) is 12.2 Å². The standard InChI is InChI=1S/C10H13NO3/c1-9(2,3)11-7(12)6-10(11)5-4-8(13)14-10/h4-5H,6H2,1-3H3. The Labute approximate surface area is 82.5 Å². The molecule has 2 aliphatic heterocycles. The molecule has 0 N–H and O–H groups in total. The van der Waals surface area contributed by atoms with Crippen molar-refractivity contribution in [2.24, 2.45) is 0 Å². The maximum absolute atomic E-state index is 11.4. The fourth-order valence-electron chi connectivity index (χ4n) is 2.09. The summed E-state index contributed by atoms with van der Waals surface area (Å²) in [5.41, 5.74) is -1.10. The van der Waals surface area contributed by atoms with Crippen LogP contribution >= 0.6 is 0 Å². The minimum absolute atomic E-state index is 0.0249. The molecule has 2 heterocycles. The Kier molecular flexibility index (Phi) is 1.57. The maximum atomic E-state index is 11.4. The Morgan fingerprint density at radius 2 is 2.07 bits per heavy atom. The highest BCUT2D eigenvalue weighted by Gasteiger charge is 2.58. The van der Waals surface area contributed by atoms with Crippen LogP contribution in [0.15, 0.2) is 12.2 Å². The average Bonchev–Trinajstić information content (AvgIpc) is 2.28. The van der Waals surface area contributed by atoms with E-state index in [0.29, 0.717) is 0 Å². The van der Waals surface area contributed by atoms with Gasteiger partial charge in [-0.3, -0.25) is 9.69 Å². The molecule has 2 aliphatic rings. The van der Waals surface area contributed by atoms with E-state index >= 15 is 0 Å². The molecule has 0 radical (unpaired) electrons. The maximum Gasteiger partial charge on any atom is 0.333 e. The van der Waals surface area contributed by atoms with Gasteiger partial charge in [0.1, 0.15) is 0 Å². The van der Waals surface area contributed by atoms with E-state index in [-0.39, 0.29) is 23.8 Å². The van der Waals surface area contributed by atoms with Gasteiger partial charge in [-0.05, 0) is 26.8 Å². The third-order valence-electron chi connectivity index (χ3n) is 2.46. The van der Waals surface area contributed by atoms with Gasteiger partial charge >= 0.3 is 5.97 Å². The lowest BCUT2D eigenvalue weighted by molar-refractivity contribution is -0.210. The molecular formula is C10H13NO3. The third-order valence-corrected chi connectivity index (χ3v) is 2.46. The second-order valence-electron chi connectivity index (χ2n) is 4.68. The Bertz CT molecular complexity index is 340. The Morgan fingerprint density at radius 1 is 1.43 bits per heavy atom. The number of hydrogen-bond acceptors (Lipinski definition) is 3. The first-order valence-electron chi connectivity index (χ1n) is 4.61. The van der Waals surface area contributed by atoms with E-state index in [4.69, 9.17) is 4.74 Å². The summed E-state index contributed by atoms with van der Waals surface area (Å²) >= 11 is 0. The highest BCUT2D eigenvalue weighted by molar-refractivity contribution is 5.92. The molecule has 0 saturated carbocycles. The van der Waals surface area contributed by atoms with Crippen LogP contribution in [-0.2, 0) is 14.3 Å². The van der Waals surface area contributed by atoms with Crippen molar-refractivity contribution in [1.29, 1.82) is 0 Å². The van der Waals surface area contributed by atoms with E-state index in [2.05, 4.69) is 0 Å². The lowest BCUT2D eigenvalue weighted by Gasteiger charge is -2.53. The summed E-state index contributed by atoms with van der Waals surface area (Å²) in [4.78, 5) is 24.0. The van der Waals surface area contributed by atoms with Gasteiger partial charge in [0, 0.05) is 11.6 Å². The van der Waals surface area contributed by atoms with Gasteiger partial charge in [0.25, 0.3) is 0 Å². The summed E-state index contributed by atoms with van der Waals surface area (Å²) in [5, 5.41) is 0. The quantitative estimate of drug-likeness (QED) is 0.425. The van der Waals surface area contributed by atoms with E-state index in [1.54, 1.807) is 11.0 Å². The first kappa shape index (κ1) is 9.24. The molecular weight excluding hydrogens is 182 g/mol. The molecule has 1 atom stereocenters. The molecule has 0 bridgehead atoms. The molecule has 0 aromatic heterocycles. The van der Waals surface area contributed by atoms with Crippen LogP contribution in [0.4, 0.5) is 0 Å². The van der Waals surface area contributed by atoms with Gasteiger partial charge in [-0.25, -0.2) is 4.79 Å². The minimum Gasteiger partial charge on any atom is -0.431 e. The summed E-state index contributed by atoms with van der Waals surface area (Å²) in [5.74, 6) is -0.344. The van der Waals surface area contributed by atoms with E-state index in [1.165, 1.54) is 6.08 Å². The molecule has 76 valence electrons. The molecule has 1 fully saturated rings. The lowest BCUT2D eigenvalue weighted by Crippen LogP contribution is -2.69. The van der Waals surface area contributed by atoms with E-state index in [1.807, 2.05) is 20.8 Å². The van der Waals surface area contributed by atoms with Gasteiger partial charge in [-0.2, -0.15) is 0 Å². The van der Waals surface area contributed by atoms with Gasteiger partial charge in [-0.1, -0.05) is 0 Å². The van der Waals surface area contributed by atoms with Crippen LogP contribution in [0.3, 0.4) is 0 Å². The van der Waals surface area contributed by atoms with E-state index in [9.17, 15) is 9.59 Å². The van der Waals surface area contributed by atoms with Crippen molar-refractivity contribution in [2.75, 3.05) is 0 Å². The second-order valence-corrected chi connectivity index (χ2v) is 4.68. The van der Waals surface area contributed by atoms with Crippen LogP contribution in [0.25, 0.3) is 0 Å². The number of hydrogen-bond donors (Lipinski definition) is 0. The molecule has 1 unspecified atom stereocenters. The van der Waals surface area contributed by atoms with Crippen molar-refractivity contribution >= 4 is 11.9 Å². The highest BCUT2D eigenvalue weighted by atomic mass is 16.6. The summed E-state index contributed by atoms with van der Waals surface area (Å²) in [6.45, 7) is 5.77. The smallest absolute Gasteiger partial charge is 0.333 e. The number of amides is 1. The molecule has 4 nitrogen and oxygen atoms in total. The van der Waals surface area contributed by atoms with Crippen molar-refractivity contribution in [2.45, 2.75) is 38.5 Å². The van der Waals surface area contributed by atoms with Gasteiger partial charge in [-0.15, -0.1) is 0 Å². The number of rotatable bonds is 0. The summed E-state index contributed by atoms with van der Waals surface area (Å²) in [6, 6.07) is 0. The summed E-state index contributed by atoms with van der Waals surface area (Å²) in [7, 11) is 0. The van der Waals surface area contributed by atoms with E-state index < -0.39 is 5.72 Å². The third kappa shape index (κ3) is 1.06. The average molecular weight is 195 g/mol. The number of carbonyl (C=O) groups excluding carboxylic acids is 2. The van der Waals surface area contributed by atoms with Crippen molar-refractivity contribution in [3.8, 4) is 0 Å². The Balaban J connectivity index is 2.29. The number of esters is 1. The molecule has 14 heavy (non-hydrogen) atoms. The molecule has 1 saturated heterocycles. The normalized spacial score (nSPS) is 30.9. The topological polar surface area (TPSA) is 46.6 Å². The fraction of sp³-hybridized carbons (Fsp3) is 0.600. The largest absolute Gasteiger partial charge is 0.431 e. The minimum atomic E-state index is -0.785. The molecule has 0 aromatic carbocycles. The molecule has 4 heteroatoms. The van der Waals surface area contributed by atoms with Crippen LogP contribution in [0.5, 0.6) is 0 Å². The lowest BCUT2D eigenvalue weighted by atomic mass is 9.89. The number of likely N-dealkylation sites (tertiary alicyclic amines) is 1. The first-order chi connectivity index (χ1) is 6.35. The molecule has 0 aliphatic carbocycles. The van der Waals surface area contributed by atoms with Gasteiger partial charge in [0.15, 0.2) is 0 Å². The molecule has 1 spiro atoms. The fourth-order valence-corrected chi connectivity index (χ4v) is 2.09. The SMILES string of the molecule is CC(C)(C)N1C(=O)CC12C=CC(=O)O2. The monoisotopic (exact) mass is 195 g/mol. The first-order valence-corrected chi connectivity index (χ1v) is 4.61. The van der Waals surface area contributed by atoms with Crippen molar-refractivity contribution in [1.82, 2.24) is 4.90 Å². The Morgan fingerprint density at radius 3 is 2.43 bits per heavy atom.